The molecule has 24 nitrogen and oxygen atoms in total. The van der Waals surface area contributed by atoms with Crippen molar-refractivity contribution in [3.8, 4) is 0 Å². The number of sulfone groups is 1. The Balaban J connectivity index is 0.000000138. The maximum Gasteiger partial charge on any atom is 0.301 e. The number of furan rings is 2. The predicted octanol–water partition coefficient (Wildman–Crippen LogP) is 20.0. The Morgan fingerprint density at radius 1 is 0.530 bits per heavy atom. The number of benzene rings is 9. The monoisotopic (exact) mass is 1750 g/mol. The van der Waals surface area contributed by atoms with Crippen molar-refractivity contribution in [1.29, 1.82) is 0 Å². The number of halogens is 5. The third kappa shape index (κ3) is 16.4. The number of nitro groups is 1. The topological polar surface area (TPSA) is 341 Å². The van der Waals surface area contributed by atoms with Gasteiger partial charge in [0.25, 0.3) is 23.3 Å². The van der Waals surface area contributed by atoms with Crippen LogP contribution >= 0.6 is 104 Å². The van der Waals surface area contributed by atoms with Crippen LogP contribution in [0, 0.1) is 15.9 Å². The van der Waals surface area contributed by atoms with Crippen molar-refractivity contribution in [2.45, 2.75) is 47.4 Å². The van der Waals surface area contributed by atoms with E-state index in [4.69, 9.17) is 55.2 Å². The van der Waals surface area contributed by atoms with Gasteiger partial charge in [0.2, 0.25) is 31.7 Å². The number of aliphatic hydroxyl groups is 3. The molecule has 0 spiro atoms. The summed E-state index contributed by atoms with van der Waals surface area (Å²) < 4.78 is 52.6. The third-order valence-electron chi connectivity index (χ3n) is 18.3. The molecule has 5 aromatic heterocycles. The normalized spacial score (nSPS) is 16.0. The van der Waals surface area contributed by atoms with Gasteiger partial charge in [0.1, 0.15) is 27.0 Å². The third-order valence-corrected chi connectivity index (χ3v) is 27.2. The molecule has 0 radical (unpaired) electrons. The number of hydrogen-bond donors (Lipinski definition) is 3. The van der Waals surface area contributed by atoms with Gasteiger partial charge >= 0.3 is 5.91 Å². The summed E-state index contributed by atoms with van der Waals surface area (Å²) in [6.07, 6.45) is 0.997. The first-order chi connectivity index (χ1) is 56.4. The van der Waals surface area contributed by atoms with E-state index in [0.29, 0.717) is 79.4 Å². The minimum absolute atomic E-state index is 0.0179. The average Bonchev–Trinajstić information content (AvgIpc) is 1.60. The van der Waals surface area contributed by atoms with Crippen molar-refractivity contribution in [1.82, 2.24) is 25.4 Å². The van der Waals surface area contributed by atoms with Crippen LogP contribution in [0.4, 0.5) is 25.5 Å². The number of fused-ring (bicyclic) bond motifs is 2. The molecule has 584 valence electrons. The molecule has 3 aliphatic heterocycles. The Morgan fingerprint density at radius 2 is 1.03 bits per heavy atom. The Morgan fingerprint density at radius 3 is 1.59 bits per heavy atom. The van der Waals surface area contributed by atoms with Crippen LogP contribution in [0.2, 0.25) is 20.1 Å². The van der Waals surface area contributed by atoms with Crippen LogP contribution in [0.5, 0.6) is 0 Å². The summed E-state index contributed by atoms with van der Waals surface area (Å²) in [5.41, 5.74) is 3.85. The molecule has 3 atom stereocenters. The lowest BCUT2D eigenvalue weighted by Gasteiger charge is -2.24. The largest absolute Gasteiger partial charge is 0.507 e. The molecule has 0 aliphatic carbocycles. The van der Waals surface area contributed by atoms with Gasteiger partial charge in [-0.3, -0.25) is 53.6 Å². The van der Waals surface area contributed by atoms with Gasteiger partial charge in [0.05, 0.1) is 60.9 Å². The molecule has 3 amide bonds. The van der Waals surface area contributed by atoms with Crippen molar-refractivity contribution in [3.63, 3.8) is 0 Å². The van der Waals surface area contributed by atoms with E-state index >= 15 is 0 Å². The van der Waals surface area contributed by atoms with Crippen LogP contribution in [-0.4, -0.2) is 89.1 Å². The number of para-hydroxylation sites is 2. The number of anilines is 3. The number of rotatable bonds is 20. The van der Waals surface area contributed by atoms with Crippen LogP contribution in [0.1, 0.15) is 72.6 Å². The van der Waals surface area contributed by atoms with Gasteiger partial charge in [-0.05, 0) is 119 Å². The number of amides is 3. The van der Waals surface area contributed by atoms with Gasteiger partial charge in [-0.2, -0.15) is 0 Å². The summed E-state index contributed by atoms with van der Waals surface area (Å²) in [6.45, 7) is 0. The molecule has 8 heterocycles. The molecule has 3 unspecified atom stereocenters. The number of nitrogens with zero attached hydrogens (tertiary/aromatic N) is 9. The lowest BCUT2D eigenvalue weighted by atomic mass is 9.95. The number of carbonyl (C=O) groups is 6. The summed E-state index contributed by atoms with van der Waals surface area (Å²) in [6, 6.07) is 60.6. The van der Waals surface area contributed by atoms with Gasteiger partial charge in [-0.1, -0.05) is 237 Å². The molecule has 17 rings (SSSR count). The number of ketones is 3. The number of non-ortho nitro benzene ring substituents is 1. The van der Waals surface area contributed by atoms with Crippen LogP contribution < -0.4 is 14.7 Å². The van der Waals surface area contributed by atoms with E-state index in [0.717, 1.165) is 75.3 Å². The van der Waals surface area contributed by atoms with Crippen LogP contribution in [0.25, 0.3) is 27.7 Å². The van der Waals surface area contributed by atoms with E-state index in [1.165, 1.54) is 81.1 Å². The van der Waals surface area contributed by atoms with Gasteiger partial charge in [0.15, 0.2) is 36.8 Å². The van der Waals surface area contributed by atoms with E-state index in [-0.39, 0.29) is 69.4 Å². The van der Waals surface area contributed by atoms with Crippen LogP contribution in [-0.2, 0) is 40.5 Å². The Labute approximate surface area is 702 Å². The summed E-state index contributed by atoms with van der Waals surface area (Å²) in [5, 5.41) is 64.3. The van der Waals surface area contributed by atoms with Crippen molar-refractivity contribution < 1.29 is 70.7 Å². The highest BCUT2D eigenvalue weighted by Crippen LogP contribution is 2.49. The number of hydrogen-bond acceptors (Lipinski definition) is 25. The number of nitro benzene ring substituents is 1. The van der Waals surface area contributed by atoms with Gasteiger partial charge in [-0.25, -0.2) is 17.8 Å². The Kier molecular flexibility index (Phi) is 23.3. The Hall–Kier alpha value is -12.0. The fraction of sp³-hybridized carbons (Fsp3) is 0.0610. The van der Waals surface area contributed by atoms with Crippen molar-refractivity contribution in [2.75, 3.05) is 14.7 Å². The van der Waals surface area contributed by atoms with E-state index in [9.17, 15) is 67.0 Å². The molecular weight excluding hydrogens is 1700 g/mol. The molecule has 3 aliphatic rings. The smallest absolute Gasteiger partial charge is 0.301 e. The standard InChI is InChI=1S/C28H16Cl3N3O4S2.C28H19N3O4S2.C26H15ClFN3O7S2/c29-17-7-3-1-6-16(17)13-39-28-33-32-27(40-28)34-23(15-9-10-18(30)19(31)11-15)22(25(36)26(34)37)24(35)21-12-14-5-2-4-8-20(14)38-21;32-24(21-15-19-13-7-8-14-20(19)35-21)22-23(18-11-5-2-6-12-18)31(26(34)25(22)33)27-29-30-28(37-27)36-16-17-9-3-1-4-10-17;27-16-5-1-15(2-6-16)23(32)21-22(14-3-7-17(28)8-4-14)30(25(34)24(21)33)26-29-13-20(39-26)40(37,38)19-11-9-18(10-12-19)31(35)36/h1-12,23,36H,13H2;1-15,23,33H,16H2;1-13,22,32H. The molecule has 9 aromatic carbocycles. The summed E-state index contributed by atoms with van der Waals surface area (Å²) in [7, 11) is -4.20. The number of thiazole rings is 1. The molecule has 14 aromatic rings. The minimum Gasteiger partial charge on any atom is -0.507 e. The fourth-order valence-corrected chi connectivity index (χ4v) is 19.7. The van der Waals surface area contributed by atoms with E-state index in [1.54, 1.807) is 54.6 Å². The van der Waals surface area contributed by atoms with Crippen molar-refractivity contribution >= 4 is 198 Å². The van der Waals surface area contributed by atoms with Crippen molar-refractivity contribution in [2.24, 2.45) is 0 Å². The second kappa shape index (κ2) is 34.0. The minimum atomic E-state index is -4.20. The summed E-state index contributed by atoms with van der Waals surface area (Å²) in [5.74, 6) is -5.98. The van der Waals surface area contributed by atoms with E-state index in [1.807, 2.05) is 109 Å². The van der Waals surface area contributed by atoms with Crippen molar-refractivity contribution in [3.05, 3.63) is 352 Å². The van der Waals surface area contributed by atoms with Crippen LogP contribution in [0.3, 0.4) is 0 Å². The summed E-state index contributed by atoms with van der Waals surface area (Å²) >= 11 is 30.6. The lowest BCUT2D eigenvalue weighted by molar-refractivity contribution is -0.384. The highest BCUT2D eigenvalue weighted by atomic mass is 35.5. The zero-order valence-electron chi connectivity index (χ0n) is 59.3. The molecule has 35 heteroatoms. The molecular formula is C82H50Cl4FN9O15S6. The van der Waals surface area contributed by atoms with Gasteiger partial charge < -0.3 is 24.2 Å². The maximum atomic E-state index is 13.8. The predicted molar refractivity (Wildman–Crippen MR) is 444 cm³/mol. The van der Waals surface area contributed by atoms with E-state index < -0.39 is 91.1 Å². The first-order valence-electron chi connectivity index (χ1n) is 34.5. The second-order valence-electron chi connectivity index (χ2n) is 25.5. The second-order valence-corrected chi connectivity index (χ2v) is 34.7. The number of aromatic nitrogens is 5. The highest BCUT2D eigenvalue weighted by Gasteiger charge is 2.51. The van der Waals surface area contributed by atoms with Crippen LogP contribution in [0.15, 0.2) is 298 Å². The molecule has 1 fully saturated rings. The number of thioether (sulfide) groups is 2. The van der Waals surface area contributed by atoms with Gasteiger partial charge in [-0.15, -0.1) is 20.4 Å². The van der Waals surface area contributed by atoms with Gasteiger partial charge in [0, 0.05) is 50.0 Å². The number of aliphatic hydroxyl groups excluding tert-OH is 3. The zero-order chi connectivity index (χ0) is 82.1. The highest BCUT2D eigenvalue weighted by molar-refractivity contribution is 8.00. The first kappa shape index (κ1) is 80.2. The quantitative estimate of drug-likeness (QED) is 0.00932. The molecule has 117 heavy (non-hydrogen) atoms. The molecule has 3 N–H and O–H groups in total. The average molecular weight is 1750 g/mol. The first-order valence-corrected chi connectivity index (χ1v) is 41.9. The molecule has 0 saturated carbocycles. The Bertz CT molecular complexity index is 6460. The lowest BCUT2D eigenvalue weighted by Crippen LogP contribution is -2.31. The number of Topliss-reactive ketones (excluding diaryl/α,β-unsaturated/α-hetero) is 3. The fourth-order valence-electron chi connectivity index (χ4n) is 12.8. The maximum absolute atomic E-state index is 13.8. The SMILES string of the molecule is O=C(C1=C(O)C(=O)N(c2nnc(SCc3ccccc3)s2)C1c1ccccc1)c1cc2ccccc2o1.O=C(C1=C(O)C(=O)N(c2nnc(SCc3ccccc3Cl)s2)C1c1ccc(Cl)c(Cl)c1)c1cc2ccccc2o1.O=C1C(=O)N(c2ncc(S(=O)(=O)c3ccc([N+](=O)[O-])cc3)s2)C(c2ccc(F)cc2)C1=C(O)c1ccc(Cl)cc1. The molecule has 0 bridgehead atoms. The molecule has 1 saturated heterocycles. The number of carbonyl (C=O) groups excluding carboxylic acids is 6. The summed E-state index contributed by atoms with van der Waals surface area (Å²) in [4.78, 5) is 98.4. The zero-order valence-corrected chi connectivity index (χ0v) is 67.3. The van der Waals surface area contributed by atoms with E-state index in [2.05, 4.69) is 25.4 Å².